The standard InChI is InChI=1S/C29H35NO5S/c1-4-6-13-23-26-24(36(33,34)22-16-14-19(3)15-17-22)18-20(10-5-2)25(27(26)29(32)35-23)28(31)30-21-11-8-7-9-12-21/h7-9,11-12,14-18,20,23,25-27H,4-6,10,13H2,1-3H3,(H,30,31)/t20-,23+,25+,26+,27-/m1/s1. The summed E-state index contributed by atoms with van der Waals surface area (Å²) in [7, 11) is -3.88. The number of aryl methyl sites for hydroxylation is 1. The van der Waals surface area contributed by atoms with E-state index in [0.29, 0.717) is 18.5 Å². The van der Waals surface area contributed by atoms with Crippen LogP contribution in [0.2, 0.25) is 0 Å². The van der Waals surface area contributed by atoms with E-state index < -0.39 is 45.6 Å². The third-order valence-corrected chi connectivity index (χ3v) is 9.25. The van der Waals surface area contributed by atoms with E-state index in [0.717, 1.165) is 24.8 Å². The number of unbranched alkanes of at least 4 members (excludes halogenated alkanes) is 1. The Balaban J connectivity index is 1.81. The van der Waals surface area contributed by atoms with Gasteiger partial charge in [-0.15, -0.1) is 0 Å². The maximum absolute atomic E-state index is 13.9. The maximum Gasteiger partial charge on any atom is 0.310 e. The smallest absolute Gasteiger partial charge is 0.310 e. The first kappa shape index (κ1) is 26.1. The third kappa shape index (κ3) is 5.12. The second-order valence-corrected chi connectivity index (χ2v) is 11.8. The van der Waals surface area contributed by atoms with Crippen molar-refractivity contribution < 1.29 is 22.7 Å². The topological polar surface area (TPSA) is 89.5 Å². The molecule has 4 rings (SSSR count). The van der Waals surface area contributed by atoms with E-state index in [4.69, 9.17) is 4.74 Å². The lowest BCUT2D eigenvalue weighted by atomic mass is 9.68. The first-order valence-electron chi connectivity index (χ1n) is 12.9. The summed E-state index contributed by atoms with van der Waals surface area (Å²) >= 11 is 0. The van der Waals surface area contributed by atoms with Crippen molar-refractivity contribution in [2.24, 2.45) is 23.7 Å². The van der Waals surface area contributed by atoms with Gasteiger partial charge in [-0.2, -0.15) is 0 Å². The van der Waals surface area contributed by atoms with Gasteiger partial charge in [-0.3, -0.25) is 9.59 Å². The molecule has 2 aromatic rings. The summed E-state index contributed by atoms with van der Waals surface area (Å²) in [6.45, 7) is 5.95. The molecule has 1 heterocycles. The Morgan fingerprint density at radius 3 is 2.28 bits per heavy atom. The normalized spacial score (nSPS) is 25.6. The average molecular weight is 510 g/mol. The van der Waals surface area contributed by atoms with E-state index in [1.54, 1.807) is 42.5 Å². The van der Waals surface area contributed by atoms with Crippen LogP contribution in [-0.4, -0.2) is 26.4 Å². The molecule has 1 N–H and O–H groups in total. The molecule has 5 atom stereocenters. The fourth-order valence-corrected chi connectivity index (χ4v) is 7.35. The fourth-order valence-electron chi connectivity index (χ4n) is 5.57. The molecule has 192 valence electrons. The summed E-state index contributed by atoms with van der Waals surface area (Å²) in [6.07, 6.45) is 4.80. The van der Waals surface area contributed by atoms with Gasteiger partial charge in [-0.1, -0.05) is 75.1 Å². The van der Waals surface area contributed by atoms with Gasteiger partial charge in [0, 0.05) is 11.6 Å². The number of ether oxygens (including phenoxy) is 1. The number of esters is 1. The average Bonchev–Trinajstić information content (AvgIpc) is 3.19. The molecule has 7 heteroatoms. The summed E-state index contributed by atoms with van der Waals surface area (Å²) < 4.78 is 33.7. The molecule has 1 amide bonds. The highest BCUT2D eigenvalue weighted by Gasteiger charge is 2.58. The maximum atomic E-state index is 13.9. The number of hydrogen-bond donors (Lipinski definition) is 1. The number of para-hydroxylation sites is 1. The minimum Gasteiger partial charge on any atom is -0.461 e. The molecule has 2 aliphatic rings. The zero-order chi connectivity index (χ0) is 25.9. The van der Waals surface area contributed by atoms with Crippen LogP contribution in [0.15, 0.2) is 70.5 Å². The molecular weight excluding hydrogens is 474 g/mol. The van der Waals surface area contributed by atoms with Gasteiger partial charge in [0.1, 0.15) is 6.10 Å². The van der Waals surface area contributed by atoms with Crippen LogP contribution in [0.25, 0.3) is 0 Å². The number of nitrogens with one attached hydrogen (secondary N) is 1. The summed E-state index contributed by atoms with van der Waals surface area (Å²) in [6, 6.07) is 15.9. The lowest BCUT2D eigenvalue weighted by molar-refractivity contribution is -0.148. The largest absolute Gasteiger partial charge is 0.461 e. The fraction of sp³-hybridized carbons (Fsp3) is 0.448. The van der Waals surface area contributed by atoms with E-state index in [1.807, 2.05) is 39.0 Å². The summed E-state index contributed by atoms with van der Waals surface area (Å²) in [5, 5.41) is 2.96. The van der Waals surface area contributed by atoms with E-state index in [1.165, 1.54) is 0 Å². The van der Waals surface area contributed by atoms with Crippen LogP contribution in [0, 0.1) is 30.6 Å². The number of allylic oxidation sites excluding steroid dienone is 1. The van der Waals surface area contributed by atoms with Crippen LogP contribution in [0.3, 0.4) is 0 Å². The van der Waals surface area contributed by atoms with Gasteiger partial charge in [-0.05, 0) is 49.9 Å². The molecule has 1 fully saturated rings. The molecule has 1 aliphatic heterocycles. The van der Waals surface area contributed by atoms with Crippen LogP contribution >= 0.6 is 0 Å². The SMILES string of the molecule is CCCC[C@@H]1OC(=O)[C@@H]2[C@@H](C(=O)Nc3ccccc3)[C@H](CCC)C=C(S(=O)(=O)c3ccc(C)cc3)[C@@H]21. The second kappa shape index (κ2) is 11.0. The highest BCUT2D eigenvalue weighted by molar-refractivity contribution is 7.95. The first-order chi connectivity index (χ1) is 17.3. The molecule has 6 nitrogen and oxygen atoms in total. The predicted molar refractivity (Wildman–Crippen MR) is 140 cm³/mol. The highest BCUT2D eigenvalue weighted by Crippen LogP contribution is 2.51. The number of carbonyl (C=O) groups excluding carboxylic acids is 2. The van der Waals surface area contributed by atoms with Crippen molar-refractivity contribution in [3.8, 4) is 0 Å². The zero-order valence-corrected chi connectivity index (χ0v) is 22.0. The van der Waals surface area contributed by atoms with Crippen molar-refractivity contribution in [1.29, 1.82) is 0 Å². The molecule has 0 spiro atoms. The van der Waals surface area contributed by atoms with Gasteiger partial charge in [-0.25, -0.2) is 8.42 Å². The quantitative estimate of drug-likeness (QED) is 0.439. The molecule has 2 aromatic carbocycles. The van der Waals surface area contributed by atoms with E-state index in [9.17, 15) is 18.0 Å². The van der Waals surface area contributed by atoms with Gasteiger partial charge in [0.05, 0.1) is 21.6 Å². The van der Waals surface area contributed by atoms with Gasteiger partial charge in [0.15, 0.2) is 0 Å². The molecule has 1 saturated heterocycles. The Bertz CT molecular complexity index is 1220. The number of fused-ring (bicyclic) bond motifs is 1. The van der Waals surface area contributed by atoms with Crippen LogP contribution in [0.1, 0.15) is 51.5 Å². The lowest BCUT2D eigenvalue weighted by Gasteiger charge is -2.37. The first-order valence-corrected chi connectivity index (χ1v) is 14.4. The minimum atomic E-state index is -3.88. The van der Waals surface area contributed by atoms with Gasteiger partial charge in [0.25, 0.3) is 0 Å². The molecule has 1 aliphatic carbocycles. The summed E-state index contributed by atoms with van der Waals surface area (Å²) in [4.78, 5) is 27.4. The number of hydrogen-bond acceptors (Lipinski definition) is 5. The van der Waals surface area contributed by atoms with Crippen molar-refractivity contribution in [2.45, 2.75) is 63.9 Å². The lowest BCUT2D eigenvalue weighted by Crippen LogP contribution is -2.44. The Kier molecular flexibility index (Phi) is 7.98. The van der Waals surface area contributed by atoms with Crippen LogP contribution < -0.4 is 5.32 Å². The molecule has 0 radical (unpaired) electrons. The van der Waals surface area contributed by atoms with E-state index >= 15 is 0 Å². The van der Waals surface area contributed by atoms with Gasteiger partial charge >= 0.3 is 5.97 Å². The summed E-state index contributed by atoms with van der Waals surface area (Å²) in [5.74, 6) is -3.37. The number of anilines is 1. The monoisotopic (exact) mass is 509 g/mol. The van der Waals surface area contributed by atoms with Crippen molar-refractivity contribution in [3.63, 3.8) is 0 Å². The number of cyclic esters (lactones) is 1. The number of carbonyl (C=O) groups is 2. The molecular formula is C29H35NO5S. The van der Waals surface area contributed by atoms with Crippen molar-refractivity contribution in [1.82, 2.24) is 0 Å². The molecule has 36 heavy (non-hydrogen) atoms. The second-order valence-electron chi connectivity index (χ2n) is 9.89. The number of sulfone groups is 1. The van der Waals surface area contributed by atoms with Crippen molar-refractivity contribution in [3.05, 3.63) is 71.1 Å². The number of amides is 1. The summed E-state index contributed by atoms with van der Waals surface area (Å²) in [5.41, 5.74) is 1.61. The molecule has 0 unspecified atom stereocenters. The van der Waals surface area contributed by atoms with Crippen LogP contribution in [0.4, 0.5) is 5.69 Å². The van der Waals surface area contributed by atoms with Gasteiger partial charge in [0.2, 0.25) is 15.7 Å². The van der Waals surface area contributed by atoms with Crippen molar-refractivity contribution in [2.75, 3.05) is 5.32 Å². The highest BCUT2D eigenvalue weighted by atomic mass is 32.2. The molecule has 0 aromatic heterocycles. The Morgan fingerprint density at radius 1 is 0.944 bits per heavy atom. The zero-order valence-electron chi connectivity index (χ0n) is 21.1. The van der Waals surface area contributed by atoms with E-state index in [2.05, 4.69) is 5.32 Å². The van der Waals surface area contributed by atoms with Crippen LogP contribution in [-0.2, 0) is 24.2 Å². The Hall–Kier alpha value is -2.93. The molecule has 0 saturated carbocycles. The Labute approximate surface area is 214 Å². The third-order valence-electron chi connectivity index (χ3n) is 7.33. The minimum absolute atomic E-state index is 0.203. The van der Waals surface area contributed by atoms with Crippen LogP contribution in [0.5, 0.6) is 0 Å². The molecule has 0 bridgehead atoms. The Morgan fingerprint density at radius 2 is 1.64 bits per heavy atom. The number of benzene rings is 2. The number of rotatable bonds is 9. The van der Waals surface area contributed by atoms with Crippen molar-refractivity contribution >= 4 is 27.4 Å². The van der Waals surface area contributed by atoms with E-state index in [-0.39, 0.29) is 15.7 Å². The predicted octanol–water partition coefficient (Wildman–Crippen LogP) is 5.69. The van der Waals surface area contributed by atoms with Gasteiger partial charge < -0.3 is 10.1 Å².